The minimum atomic E-state index is -0.0297. The first-order chi connectivity index (χ1) is 5.65. The lowest BCUT2D eigenvalue weighted by Gasteiger charge is -2.02. The SMILES string of the molecule is CNC(=O)c1cc(I)ccc1I. The molecule has 1 amide bonds. The molecule has 0 aromatic heterocycles. The highest BCUT2D eigenvalue weighted by atomic mass is 127. The molecule has 0 radical (unpaired) electrons. The normalized spacial score (nSPS) is 9.58. The summed E-state index contributed by atoms with van der Waals surface area (Å²) in [6.45, 7) is 0. The van der Waals surface area contributed by atoms with Crippen LogP contribution in [0.25, 0.3) is 0 Å². The van der Waals surface area contributed by atoms with Crippen molar-refractivity contribution in [1.29, 1.82) is 0 Å². The van der Waals surface area contributed by atoms with Gasteiger partial charge in [0.2, 0.25) is 0 Å². The summed E-state index contributed by atoms with van der Waals surface area (Å²) >= 11 is 4.34. The number of rotatable bonds is 1. The van der Waals surface area contributed by atoms with Gasteiger partial charge in [-0.2, -0.15) is 0 Å². The average Bonchev–Trinajstić information content (AvgIpc) is 2.08. The zero-order valence-electron chi connectivity index (χ0n) is 6.40. The molecule has 1 aromatic carbocycles. The van der Waals surface area contributed by atoms with Gasteiger partial charge in [0.1, 0.15) is 0 Å². The quantitative estimate of drug-likeness (QED) is 0.737. The molecule has 0 heterocycles. The van der Waals surface area contributed by atoms with Crippen LogP contribution in [0.3, 0.4) is 0 Å². The van der Waals surface area contributed by atoms with Crippen LogP contribution in [-0.2, 0) is 0 Å². The van der Waals surface area contributed by atoms with Crippen LogP contribution in [0.1, 0.15) is 10.4 Å². The summed E-state index contributed by atoms with van der Waals surface area (Å²) in [7, 11) is 1.64. The largest absolute Gasteiger partial charge is 0.355 e. The lowest BCUT2D eigenvalue weighted by molar-refractivity contribution is 0.0962. The number of hydrogen-bond donors (Lipinski definition) is 1. The highest BCUT2D eigenvalue weighted by molar-refractivity contribution is 14.1. The second-order valence-corrected chi connectivity index (χ2v) is 4.61. The molecule has 0 unspecified atom stereocenters. The van der Waals surface area contributed by atoms with Crippen LogP contribution in [0.5, 0.6) is 0 Å². The molecule has 0 aliphatic heterocycles. The maximum atomic E-state index is 11.3. The van der Waals surface area contributed by atoms with E-state index in [0.29, 0.717) is 0 Å². The molecule has 0 saturated carbocycles. The highest BCUT2D eigenvalue weighted by Gasteiger charge is 2.07. The molecule has 1 aromatic rings. The summed E-state index contributed by atoms with van der Waals surface area (Å²) in [6.07, 6.45) is 0. The van der Waals surface area contributed by atoms with Gasteiger partial charge < -0.3 is 5.32 Å². The second kappa shape index (κ2) is 4.40. The fourth-order valence-corrected chi connectivity index (χ4v) is 1.88. The van der Waals surface area contributed by atoms with Gasteiger partial charge >= 0.3 is 0 Å². The Morgan fingerprint density at radius 1 is 1.42 bits per heavy atom. The minimum Gasteiger partial charge on any atom is -0.355 e. The minimum absolute atomic E-state index is 0.0297. The van der Waals surface area contributed by atoms with E-state index in [1.807, 2.05) is 18.2 Å². The Bertz CT molecular complexity index is 312. The first-order valence-corrected chi connectivity index (χ1v) is 5.48. The van der Waals surface area contributed by atoms with Crippen molar-refractivity contribution in [1.82, 2.24) is 5.32 Å². The van der Waals surface area contributed by atoms with Crippen molar-refractivity contribution < 1.29 is 4.79 Å². The Labute approximate surface area is 98.4 Å². The Morgan fingerprint density at radius 2 is 2.08 bits per heavy atom. The lowest BCUT2D eigenvalue weighted by Crippen LogP contribution is -2.19. The Balaban J connectivity index is 3.13. The van der Waals surface area contributed by atoms with Crippen LogP contribution in [0, 0.1) is 7.14 Å². The van der Waals surface area contributed by atoms with Crippen molar-refractivity contribution in [3.05, 3.63) is 30.9 Å². The van der Waals surface area contributed by atoms with Crippen LogP contribution < -0.4 is 5.32 Å². The molecule has 12 heavy (non-hydrogen) atoms. The summed E-state index contributed by atoms with van der Waals surface area (Å²) in [5.74, 6) is -0.0297. The molecule has 1 rings (SSSR count). The topological polar surface area (TPSA) is 29.1 Å². The zero-order chi connectivity index (χ0) is 9.14. The number of benzene rings is 1. The fourth-order valence-electron chi connectivity index (χ4n) is 0.806. The van der Waals surface area contributed by atoms with Gasteiger partial charge in [-0.3, -0.25) is 4.79 Å². The van der Waals surface area contributed by atoms with Crippen molar-refractivity contribution >= 4 is 51.1 Å². The summed E-state index contributed by atoms with van der Waals surface area (Å²) in [5, 5.41) is 2.60. The molecular weight excluding hydrogens is 380 g/mol. The predicted octanol–water partition coefficient (Wildman–Crippen LogP) is 2.26. The van der Waals surface area contributed by atoms with Crippen molar-refractivity contribution in [2.75, 3.05) is 7.05 Å². The summed E-state index contributed by atoms with van der Waals surface area (Å²) in [6, 6.07) is 5.79. The zero-order valence-corrected chi connectivity index (χ0v) is 10.7. The molecule has 4 heteroatoms. The Hall–Kier alpha value is 0.150. The van der Waals surface area contributed by atoms with Crippen LogP contribution >= 0.6 is 45.2 Å². The van der Waals surface area contributed by atoms with E-state index in [4.69, 9.17) is 0 Å². The number of carbonyl (C=O) groups excluding carboxylic acids is 1. The van der Waals surface area contributed by atoms with E-state index in [-0.39, 0.29) is 5.91 Å². The molecule has 0 aliphatic rings. The van der Waals surface area contributed by atoms with Crippen LogP contribution in [0.15, 0.2) is 18.2 Å². The summed E-state index contributed by atoms with van der Waals surface area (Å²) in [4.78, 5) is 11.3. The van der Waals surface area contributed by atoms with Crippen molar-refractivity contribution in [2.24, 2.45) is 0 Å². The number of nitrogens with one attached hydrogen (secondary N) is 1. The lowest BCUT2D eigenvalue weighted by atomic mass is 10.2. The highest BCUT2D eigenvalue weighted by Crippen LogP contribution is 2.15. The van der Waals surface area contributed by atoms with Crippen molar-refractivity contribution in [3.63, 3.8) is 0 Å². The maximum Gasteiger partial charge on any atom is 0.252 e. The third-order valence-electron chi connectivity index (χ3n) is 1.40. The van der Waals surface area contributed by atoms with Crippen LogP contribution in [0.4, 0.5) is 0 Å². The molecular formula is C8H7I2NO. The molecule has 0 saturated heterocycles. The van der Waals surface area contributed by atoms with E-state index in [9.17, 15) is 4.79 Å². The molecule has 0 fully saturated rings. The van der Waals surface area contributed by atoms with Gasteiger partial charge in [-0.05, 0) is 63.4 Å². The smallest absolute Gasteiger partial charge is 0.252 e. The van der Waals surface area contributed by atoms with Gasteiger partial charge in [0, 0.05) is 14.2 Å². The van der Waals surface area contributed by atoms with E-state index >= 15 is 0 Å². The van der Waals surface area contributed by atoms with E-state index in [0.717, 1.165) is 12.7 Å². The number of carbonyl (C=O) groups is 1. The molecule has 1 N–H and O–H groups in total. The van der Waals surface area contributed by atoms with Gasteiger partial charge in [-0.25, -0.2) is 0 Å². The summed E-state index contributed by atoms with van der Waals surface area (Å²) < 4.78 is 2.05. The Morgan fingerprint density at radius 3 is 2.67 bits per heavy atom. The van der Waals surface area contributed by atoms with Crippen molar-refractivity contribution in [2.45, 2.75) is 0 Å². The first-order valence-electron chi connectivity index (χ1n) is 3.32. The van der Waals surface area contributed by atoms with Gasteiger partial charge in [0.15, 0.2) is 0 Å². The number of hydrogen-bond acceptors (Lipinski definition) is 1. The fraction of sp³-hybridized carbons (Fsp3) is 0.125. The number of halogens is 2. The standard InChI is InChI=1S/C8H7I2NO/c1-11-8(12)6-4-5(9)2-3-7(6)10/h2-4H,1H3,(H,11,12). The number of amides is 1. The third kappa shape index (κ3) is 2.32. The molecule has 0 aliphatic carbocycles. The molecule has 0 spiro atoms. The van der Waals surface area contributed by atoms with E-state index < -0.39 is 0 Å². The van der Waals surface area contributed by atoms with Gasteiger partial charge in [0.25, 0.3) is 5.91 Å². The predicted molar refractivity (Wildman–Crippen MR) is 65.3 cm³/mol. The molecule has 2 nitrogen and oxygen atoms in total. The maximum absolute atomic E-state index is 11.3. The second-order valence-electron chi connectivity index (χ2n) is 2.20. The first kappa shape index (κ1) is 10.2. The average molecular weight is 387 g/mol. The van der Waals surface area contributed by atoms with Gasteiger partial charge in [0.05, 0.1) is 5.56 Å². The Kier molecular flexibility index (Phi) is 3.76. The van der Waals surface area contributed by atoms with Crippen LogP contribution in [-0.4, -0.2) is 13.0 Å². The molecule has 0 atom stereocenters. The van der Waals surface area contributed by atoms with Crippen molar-refractivity contribution in [3.8, 4) is 0 Å². The third-order valence-corrected chi connectivity index (χ3v) is 3.01. The van der Waals surface area contributed by atoms with Crippen LogP contribution in [0.2, 0.25) is 0 Å². The monoisotopic (exact) mass is 387 g/mol. The van der Waals surface area contributed by atoms with Gasteiger partial charge in [-0.1, -0.05) is 0 Å². The molecule has 64 valence electrons. The van der Waals surface area contributed by atoms with Gasteiger partial charge in [-0.15, -0.1) is 0 Å². The van der Waals surface area contributed by atoms with E-state index in [1.165, 1.54) is 0 Å². The van der Waals surface area contributed by atoms with E-state index in [2.05, 4.69) is 50.5 Å². The van der Waals surface area contributed by atoms with E-state index in [1.54, 1.807) is 7.05 Å². The molecule has 0 bridgehead atoms. The summed E-state index contributed by atoms with van der Waals surface area (Å²) in [5.41, 5.74) is 0.741.